The van der Waals surface area contributed by atoms with Gasteiger partial charge in [-0.3, -0.25) is 4.79 Å². The lowest BCUT2D eigenvalue weighted by Crippen LogP contribution is -2.54. The number of nitrogens with zero attached hydrogens (tertiary/aromatic N) is 1. The molecule has 2 saturated heterocycles. The van der Waals surface area contributed by atoms with E-state index in [1.807, 2.05) is 4.72 Å². The van der Waals surface area contributed by atoms with E-state index in [-0.39, 0.29) is 23.1 Å². The van der Waals surface area contributed by atoms with E-state index in [1.165, 1.54) is 43.3 Å². The maximum Gasteiger partial charge on any atom is 0.283 e. The van der Waals surface area contributed by atoms with Crippen LogP contribution >= 0.6 is 0 Å². The molecule has 2 aliphatic heterocycles. The zero-order valence-corrected chi connectivity index (χ0v) is 19.1. The van der Waals surface area contributed by atoms with Crippen LogP contribution in [0.1, 0.15) is 18.9 Å². The van der Waals surface area contributed by atoms with E-state index in [2.05, 4.69) is 0 Å². The van der Waals surface area contributed by atoms with Crippen LogP contribution in [0, 0.1) is 11.6 Å². The summed E-state index contributed by atoms with van der Waals surface area (Å²) in [4.78, 5) is 13.8. The van der Waals surface area contributed by atoms with Crippen LogP contribution in [0.5, 0.6) is 0 Å². The zero-order chi connectivity index (χ0) is 24.7. The molecule has 34 heavy (non-hydrogen) atoms. The van der Waals surface area contributed by atoms with E-state index >= 15 is 13.2 Å². The molecule has 3 atom stereocenters. The number of alkyl halides is 2. The van der Waals surface area contributed by atoms with Gasteiger partial charge in [-0.05, 0) is 36.6 Å². The molecule has 4 rings (SSSR count). The number of carbonyl (C=O) groups is 1. The van der Waals surface area contributed by atoms with Crippen LogP contribution < -0.4 is 4.72 Å². The van der Waals surface area contributed by atoms with Crippen molar-refractivity contribution in [1.82, 2.24) is 9.62 Å². The monoisotopic (exact) mass is 500 g/mol. The van der Waals surface area contributed by atoms with Gasteiger partial charge in [0.2, 0.25) is 10.0 Å². The number of benzene rings is 2. The number of hydrogen-bond acceptors (Lipinski definition) is 4. The van der Waals surface area contributed by atoms with Gasteiger partial charge in [0.25, 0.3) is 11.8 Å². The molecule has 0 bridgehead atoms. The van der Waals surface area contributed by atoms with E-state index in [0.29, 0.717) is 13.0 Å². The van der Waals surface area contributed by atoms with Crippen LogP contribution in [0.25, 0.3) is 11.1 Å². The molecule has 2 fully saturated rings. The molecule has 11 heteroatoms. The molecule has 0 radical (unpaired) electrons. The zero-order valence-electron chi connectivity index (χ0n) is 18.3. The normalized spacial score (nSPS) is 24.1. The Labute approximate surface area is 194 Å². The van der Waals surface area contributed by atoms with Gasteiger partial charge in [0.15, 0.2) is 0 Å². The summed E-state index contributed by atoms with van der Waals surface area (Å²) < 4.78 is 90.7. The van der Waals surface area contributed by atoms with Crippen LogP contribution in [0.3, 0.4) is 0 Å². The minimum atomic E-state index is -4.06. The third-order valence-electron chi connectivity index (χ3n) is 6.21. The van der Waals surface area contributed by atoms with E-state index in [0.717, 1.165) is 11.0 Å². The molecule has 0 aromatic heterocycles. The van der Waals surface area contributed by atoms with Crippen LogP contribution in [0.2, 0.25) is 0 Å². The summed E-state index contributed by atoms with van der Waals surface area (Å²) in [5.41, 5.74) is 0.320. The van der Waals surface area contributed by atoms with Crippen molar-refractivity contribution in [1.29, 1.82) is 0 Å². The maximum atomic E-state index is 15.5. The lowest BCUT2D eigenvalue weighted by molar-refractivity contribution is -0.158. The Morgan fingerprint density at radius 2 is 1.91 bits per heavy atom. The Hall–Kier alpha value is -2.50. The predicted molar refractivity (Wildman–Crippen MR) is 117 cm³/mol. The molecule has 0 spiro atoms. The second-order valence-electron chi connectivity index (χ2n) is 8.43. The average Bonchev–Trinajstić information content (AvgIpc) is 2.98. The average molecular weight is 501 g/mol. The smallest absolute Gasteiger partial charge is 0.283 e. The van der Waals surface area contributed by atoms with Crippen LogP contribution in [-0.2, 0) is 26.0 Å². The number of hydrogen-bond donors (Lipinski definition) is 1. The van der Waals surface area contributed by atoms with Crippen LogP contribution in [-0.4, -0.2) is 62.2 Å². The molecular weight excluding hydrogens is 476 g/mol. The number of nitrogens with one attached hydrogen (secondary N) is 1. The van der Waals surface area contributed by atoms with Gasteiger partial charge >= 0.3 is 0 Å². The first-order valence-corrected chi connectivity index (χ1v) is 12.5. The Balaban J connectivity index is 1.72. The van der Waals surface area contributed by atoms with Gasteiger partial charge in [-0.1, -0.05) is 30.3 Å². The van der Waals surface area contributed by atoms with E-state index in [9.17, 15) is 17.6 Å². The number of rotatable bonds is 7. The highest BCUT2D eigenvalue weighted by Crippen LogP contribution is 2.37. The summed E-state index contributed by atoms with van der Waals surface area (Å²) in [5.74, 6) is -6.02. The van der Waals surface area contributed by atoms with Crippen LogP contribution in [0.4, 0.5) is 17.6 Å². The summed E-state index contributed by atoms with van der Waals surface area (Å²) in [6, 6.07) is 6.29. The second kappa shape index (κ2) is 9.27. The summed E-state index contributed by atoms with van der Waals surface area (Å²) in [5, 5.41) is 0. The highest BCUT2D eigenvalue weighted by molar-refractivity contribution is 7.89. The van der Waals surface area contributed by atoms with Crippen molar-refractivity contribution in [2.75, 3.05) is 18.9 Å². The van der Waals surface area contributed by atoms with Gasteiger partial charge in [-0.15, -0.1) is 0 Å². The van der Waals surface area contributed by atoms with E-state index in [4.69, 9.17) is 4.74 Å². The van der Waals surface area contributed by atoms with Crippen molar-refractivity contribution in [3.8, 4) is 11.1 Å². The molecule has 184 valence electrons. The summed E-state index contributed by atoms with van der Waals surface area (Å²) in [6.45, 7) is 0.609. The number of amides is 1. The van der Waals surface area contributed by atoms with Gasteiger partial charge in [-0.2, -0.15) is 0 Å². The minimum absolute atomic E-state index is 0.00233. The standard InChI is InChI=1S/C23H24F4N2O4S/c1-2-34(31,32)28-21-18(29(13-23(21,26)27)22(30)19-9-10-33-19)12-15-6-4-8-17(20(15)25)14-5-3-7-16(24)11-14/h3-8,11,18-19,21,28H,2,9-10,12-13H2,1H3/t18-,19+,21+/m0/s1. The SMILES string of the molecule is CCS(=O)(=O)N[C@@H]1[C@H](Cc2cccc(-c3cccc(F)c3)c2F)N(C(=O)[C@H]2CCO2)CC1(F)F. The lowest BCUT2D eigenvalue weighted by atomic mass is 9.95. The fourth-order valence-corrected chi connectivity index (χ4v) is 5.16. The summed E-state index contributed by atoms with van der Waals surface area (Å²) in [7, 11) is -4.06. The van der Waals surface area contributed by atoms with Gasteiger partial charge in [0.05, 0.1) is 24.9 Å². The predicted octanol–water partition coefficient (Wildman–Crippen LogP) is 3.12. The highest BCUT2D eigenvalue weighted by atomic mass is 32.2. The molecule has 2 aliphatic rings. The van der Waals surface area contributed by atoms with Crippen molar-refractivity contribution < 1.29 is 35.5 Å². The molecule has 0 saturated carbocycles. The molecule has 0 aliphatic carbocycles. The first kappa shape index (κ1) is 24.6. The Morgan fingerprint density at radius 1 is 1.21 bits per heavy atom. The molecule has 2 heterocycles. The molecule has 6 nitrogen and oxygen atoms in total. The van der Waals surface area contributed by atoms with Crippen molar-refractivity contribution in [3.63, 3.8) is 0 Å². The van der Waals surface area contributed by atoms with Crippen molar-refractivity contribution in [2.45, 2.75) is 43.9 Å². The Kier molecular flexibility index (Phi) is 6.71. The van der Waals surface area contributed by atoms with Gasteiger partial charge in [0.1, 0.15) is 23.8 Å². The molecule has 1 N–H and O–H groups in total. The quantitative estimate of drug-likeness (QED) is 0.593. The number of halogens is 4. The summed E-state index contributed by atoms with van der Waals surface area (Å²) in [6.07, 6.45) is -0.897. The number of ether oxygens (including phenoxy) is 1. The Bertz CT molecular complexity index is 1190. The highest BCUT2D eigenvalue weighted by Gasteiger charge is 2.58. The first-order valence-electron chi connectivity index (χ1n) is 10.9. The third-order valence-corrected chi connectivity index (χ3v) is 7.58. The number of likely N-dealkylation sites (tertiary alicyclic amines) is 1. The van der Waals surface area contributed by atoms with E-state index < -0.39 is 64.0 Å². The second-order valence-corrected chi connectivity index (χ2v) is 10.5. The fraction of sp³-hybridized carbons (Fsp3) is 0.435. The van der Waals surface area contributed by atoms with Gasteiger partial charge in [0, 0.05) is 12.0 Å². The molecule has 2 aromatic rings. The van der Waals surface area contributed by atoms with Crippen molar-refractivity contribution in [3.05, 3.63) is 59.7 Å². The number of sulfonamides is 1. The fourth-order valence-electron chi connectivity index (χ4n) is 4.27. The topological polar surface area (TPSA) is 75.7 Å². The van der Waals surface area contributed by atoms with Crippen molar-refractivity contribution >= 4 is 15.9 Å². The number of carbonyl (C=O) groups excluding carboxylic acids is 1. The van der Waals surface area contributed by atoms with Crippen LogP contribution in [0.15, 0.2) is 42.5 Å². The molecule has 2 aromatic carbocycles. The molecular formula is C23H24F4N2O4S. The van der Waals surface area contributed by atoms with E-state index in [1.54, 1.807) is 0 Å². The minimum Gasteiger partial charge on any atom is -0.368 e. The van der Waals surface area contributed by atoms with Gasteiger partial charge < -0.3 is 9.64 Å². The molecule has 0 unspecified atom stereocenters. The van der Waals surface area contributed by atoms with Crippen molar-refractivity contribution in [2.24, 2.45) is 0 Å². The van der Waals surface area contributed by atoms with Gasteiger partial charge in [-0.25, -0.2) is 30.7 Å². The summed E-state index contributed by atoms with van der Waals surface area (Å²) >= 11 is 0. The lowest BCUT2D eigenvalue weighted by Gasteiger charge is -2.34. The first-order chi connectivity index (χ1) is 16.0. The maximum absolute atomic E-state index is 15.5. The largest absolute Gasteiger partial charge is 0.368 e. The Morgan fingerprint density at radius 3 is 2.53 bits per heavy atom. The molecule has 1 amide bonds. The third kappa shape index (κ3) is 4.82.